The Hall–Kier alpha value is -0.860. The molecule has 98 valence electrons. The van der Waals surface area contributed by atoms with Crippen LogP contribution < -0.4 is 5.32 Å². The van der Waals surface area contributed by atoms with Crippen LogP contribution in [0.3, 0.4) is 0 Å². The Kier molecular flexibility index (Phi) is 3.67. The van der Waals surface area contributed by atoms with Crippen LogP contribution in [0.2, 0.25) is 0 Å². The van der Waals surface area contributed by atoms with Gasteiger partial charge in [0.1, 0.15) is 0 Å². The van der Waals surface area contributed by atoms with Crippen molar-refractivity contribution < 1.29 is 0 Å². The highest BCUT2D eigenvalue weighted by Crippen LogP contribution is 2.32. The van der Waals surface area contributed by atoms with E-state index >= 15 is 0 Å². The van der Waals surface area contributed by atoms with Crippen molar-refractivity contribution in [2.24, 2.45) is 0 Å². The van der Waals surface area contributed by atoms with Gasteiger partial charge < -0.3 is 10.2 Å². The van der Waals surface area contributed by atoms with Crippen LogP contribution in [0.5, 0.6) is 0 Å². The Morgan fingerprint density at radius 2 is 2.17 bits per heavy atom. The number of rotatable bonds is 3. The minimum atomic E-state index is 0.749. The quantitative estimate of drug-likeness (QED) is 0.878. The molecule has 0 radical (unpaired) electrons. The first-order chi connectivity index (χ1) is 8.84. The lowest BCUT2D eigenvalue weighted by Crippen LogP contribution is -2.37. The van der Waals surface area contributed by atoms with E-state index in [-0.39, 0.29) is 0 Å². The molecule has 1 saturated heterocycles. The van der Waals surface area contributed by atoms with E-state index in [0.29, 0.717) is 0 Å². The second-order valence-corrected chi connectivity index (χ2v) is 5.87. The van der Waals surface area contributed by atoms with Gasteiger partial charge in [-0.1, -0.05) is 24.3 Å². The largest absolute Gasteiger partial charge is 0.315 e. The summed E-state index contributed by atoms with van der Waals surface area (Å²) in [4.78, 5) is 2.58. The molecule has 1 aromatic rings. The molecule has 1 aliphatic heterocycles. The SMILES string of the molecule is CN(CC1CCCc2ccccc21)C1CCNC1. The zero-order valence-electron chi connectivity index (χ0n) is 11.4. The molecule has 1 heterocycles. The molecule has 2 aliphatic rings. The lowest BCUT2D eigenvalue weighted by molar-refractivity contribution is 0.233. The van der Waals surface area contributed by atoms with E-state index in [9.17, 15) is 0 Å². The molecule has 1 fully saturated rings. The highest BCUT2D eigenvalue weighted by molar-refractivity contribution is 5.32. The first-order valence-electron chi connectivity index (χ1n) is 7.33. The minimum Gasteiger partial charge on any atom is -0.315 e. The molecule has 0 spiro atoms. The number of benzene rings is 1. The van der Waals surface area contributed by atoms with Gasteiger partial charge in [0.2, 0.25) is 0 Å². The van der Waals surface area contributed by atoms with Crippen LogP contribution in [0, 0.1) is 0 Å². The van der Waals surface area contributed by atoms with Crippen molar-refractivity contribution in [2.45, 2.75) is 37.6 Å². The van der Waals surface area contributed by atoms with Crippen LogP contribution in [0.1, 0.15) is 36.3 Å². The predicted molar refractivity (Wildman–Crippen MR) is 76.0 cm³/mol. The van der Waals surface area contributed by atoms with E-state index in [2.05, 4.69) is 41.5 Å². The number of nitrogens with zero attached hydrogens (tertiary/aromatic N) is 1. The molecule has 0 saturated carbocycles. The van der Waals surface area contributed by atoms with Crippen molar-refractivity contribution in [3.05, 3.63) is 35.4 Å². The van der Waals surface area contributed by atoms with Crippen molar-refractivity contribution in [1.29, 1.82) is 0 Å². The topological polar surface area (TPSA) is 15.3 Å². The molecule has 0 amide bonds. The fourth-order valence-electron chi connectivity index (χ4n) is 3.56. The normalized spacial score (nSPS) is 27.4. The molecule has 2 atom stereocenters. The molecule has 18 heavy (non-hydrogen) atoms. The summed E-state index contributed by atoms with van der Waals surface area (Å²) in [6.45, 7) is 3.59. The molecule has 0 aromatic heterocycles. The Morgan fingerprint density at radius 3 is 3.00 bits per heavy atom. The predicted octanol–water partition coefficient (Wildman–Crippen LogP) is 2.40. The lowest BCUT2D eigenvalue weighted by atomic mass is 9.82. The third-order valence-electron chi connectivity index (χ3n) is 4.66. The maximum absolute atomic E-state index is 3.47. The van der Waals surface area contributed by atoms with Crippen LogP contribution in [0.4, 0.5) is 0 Å². The van der Waals surface area contributed by atoms with Crippen LogP contribution >= 0.6 is 0 Å². The third-order valence-corrected chi connectivity index (χ3v) is 4.66. The summed E-state index contributed by atoms with van der Waals surface area (Å²) >= 11 is 0. The van der Waals surface area contributed by atoms with E-state index in [1.54, 1.807) is 11.1 Å². The highest BCUT2D eigenvalue weighted by Gasteiger charge is 2.25. The summed E-state index contributed by atoms with van der Waals surface area (Å²) in [5.41, 5.74) is 3.20. The van der Waals surface area contributed by atoms with Crippen LogP contribution in [0.25, 0.3) is 0 Å². The number of hydrogen-bond acceptors (Lipinski definition) is 2. The second kappa shape index (κ2) is 5.41. The zero-order valence-corrected chi connectivity index (χ0v) is 11.4. The van der Waals surface area contributed by atoms with Crippen molar-refractivity contribution in [2.75, 3.05) is 26.7 Å². The number of likely N-dealkylation sites (N-methyl/N-ethyl adjacent to an activating group) is 1. The molecule has 1 N–H and O–H groups in total. The molecule has 2 unspecified atom stereocenters. The van der Waals surface area contributed by atoms with E-state index in [1.165, 1.54) is 45.3 Å². The Balaban J connectivity index is 1.70. The van der Waals surface area contributed by atoms with Gasteiger partial charge >= 0.3 is 0 Å². The summed E-state index contributed by atoms with van der Waals surface area (Å²) in [6, 6.07) is 9.80. The number of fused-ring (bicyclic) bond motifs is 1. The van der Waals surface area contributed by atoms with Crippen molar-refractivity contribution in [1.82, 2.24) is 10.2 Å². The molecule has 0 bridgehead atoms. The van der Waals surface area contributed by atoms with E-state index in [1.807, 2.05) is 0 Å². The van der Waals surface area contributed by atoms with Crippen LogP contribution in [-0.2, 0) is 6.42 Å². The Bertz CT molecular complexity index is 396. The first-order valence-corrected chi connectivity index (χ1v) is 7.33. The lowest BCUT2D eigenvalue weighted by Gasteiger charge is -2.32. The van der Waals surface area contributed by atoms with E-state index in [4.69, 9.17) is 0 Å². The van der Waals surface area contributed by atoms with Gasteiger partial charge in [0.15, 0.2) is 0 Å². The summed E-state index contributed by atoms with van der Waals surface area (Å²) in [5, 5.41) is 3.47. The molecule has 2 heteroatoms. The van der Waals surface area contributed by atoms with Gasteiger partial charge in [-0.2, -0.15) is 0 Å². The summed E-state index contributed by atoms with van der Waals surface area (Å²) in [5.74, 6) is 0.751. The van der Waals surface area contributed by atoms with E-state index in [0.717, 1.165) is 12.0 Å². The number of nitrogens with one attached hydrogen (secondary N) is 1. The van der Waals surface area contributed by atoms with Crippen LogP contribution in [0.15, 0.2) is 24.3 Å². The van der Waals surface area contributed by atoms with Gasteiger partial charge in [0.25, 0.3) is 0 Å². The van der Waals surface area contributed by atoms with Crippen LogP contribution in [-0.4, -0.2) is 37.6 Å². The molecule has 2 nitrogen and oxygen atoms in total. The van der Waals surface area contributed by atoms with E-state index < -0.39 is 0 Å². The Labute approximate surface area is 110 Å². The number of aryl methyl sites for hydroxylation is 1. The highest BCUT2D eigenvalue weighted by atomic mass is 15.2. The molecule has 1 aromatic carbocycles. The third kappa shape index (κ3) is 2.45. The molecule has 3 rings (SSSR count). The maximum Gasteiger partial charge on any atom is 0.0229 e. The minimum absolute atomic E-state index is 0.749. The average Bonchev–Trinajstić information content (AvgIpc) is 2.93. The monoisotopic (exact) mass is 244 g/mol. The fraction of sp³-hybridized carbons (Fsp3) is 0.625. The van der Waals surface area contributed by atoms with Crippen molar-refractivity contribution in [3.63, 3.8) is 0 Å². The van der Waals surface area contributed by atoms with Gasteiger partial charge in [-0.3, -0.25) is 0 Å². The van der Waals surface area contributed by atoms with Gasteiger partial charge in [-0.15, -0.1) is 0 Å². The standard InChI is InChI=1S/C16H24N2/c1-18(15-9-10-17-11-15)12-14-7-4-6-13-5-2-3-8-16(13)14/h2-3,5,8,14-15,17H,4,6-7,9-12H2,1H3. The zero-order chi connectivity index (χ0) is 12.4. The summed E-state index contributed by atoms with van der Waals surface area (Å²) in [6.07, 6.45) is 5.31. The van der Waals surface area contributed by atoms with Gasteiger partial charge in [-0.05, 0) is 56.3 Å². The molecular formula is C16H24N2. The first kappa shape index (κ1) is 12.2. The van der Waals surface area contributed by atoms with Gasteiger partial charge in [0, 0.05) is 19.1 Å². The van der Waals surface area contributed by atoms with Crippen molar-refractivity contribution in [3.8, 4) is 0 Å². The van der Waals surface area contributed by atoms with Crippen molar-refractivity contribution >= 4 is 0 Å². The number of hydrogen-bond donors (Lipinski definition) is 1. The maximum atomic E-state index is 3.47. The summed E-state index contributed by atoms with van der Waals surface area (Å²) < 4.78 is 0. The molecular weight excluding hydrogens is 220 g/mol. The van der Waals surface area contributed by atoms with Gasteiger partial charge in [0.05, 0.1) is 0 Å². The average molecular weight is 244 g/mol. The summed E-state index contributed by atoms with van der Waals surface area (Å²) in [7, 11) is 2.30. The fourth-order valence-corrected chi connectivity index (χ4v) is 3.56. The molecule has 1 aliphatic carbocycles. The Morgan fingerprint density at radius 1 is 1.28 bits per heavy atom. The smallest absolute Gasteiger partial charge is 0.0229 e. The second-order valence-electron chi connectivity index (χ2n) is 5.87. The van der Waals surface area contributed by atoms with Gasteiger partial charge in [-0.25, -0.2) is 0 Å².